The molecule has 0 aliphatic rings. The van der Waals surface area contributed by atoms with E-state index >= 15 is 0 Å². The summed E-state index contributed by atoms with van der Waals surface area (Å²) in [6.07, 6.45) is -1.19. The summed E-state index contributed by atoms with van der Waals surface area (Å²) >= 11 is 6.13. The van der Waals surface area contributed by atoms with Crippen molar-refractivity contribution in [1.29, 1.82) is 0 Å². The number of nitrogens with one attached hydrogen (secondary N) is 1. The van der Waals surface area contributed by atoms with E-state index in [1.54, 1.807) is 30.8 Å². The summed E-state index contributed by atoms with van der Waals surface area (Å²) in [5.41, 5.74) is 0.976. The van der Waals surface area contributed by atoms with Crippen LogP contribution in [0.5, 0.6) is 11.5 Å². The number of esters is 1. The Hall–Kier alpha value is -3.72. The average Bonchev–Trinajstić information content (AvgIpc) is 3.01. The fourth-order valence-electron chi connectivity index (χ4n) is 3.26. The standard InChI is InChI=1S/C23H24ClN3O6/c1-13-19(22(29)27(26(13)3)16-9-7-6-8-10-16)25-21(28)14(2)33-23(30)15-11-17(24)20(32-5)18(12-15)31-4/h6-12,14H,1-5H3,(H,25,28)/t14-/m0/s1. The van der Waals surface area contributed by atoms with Crippen molar-refractivity contribution in [2.75, 3.05) is 19.5 Å². The molecule has 0 spiro atoms. The van der Waals surface area contributed by atoms with Gasteiger partial charge in [0.05, 0.1) is 36.2 Å². The van der Waals surface area contributed by atoms with Gasteiger partial charge in [0.15, 0.2) is 17.6 Å². The normalized spacial score (nSPS) is 11.6. The van der Waals surface area contributed by atoms with Crippen LogP contribution < -0.4 is 20.3 Å². The Morgan fingerprint density at radius 2 is 1.76 bits per heavy atom. The number of amides is 1. The quantitative estimate of drug-likeness (QED) is 0.528. The lowest BCUT2D eigenvalue weighted by Gasteiger charge is -2.15. The lowest BCUT2D eigenvalue weighted by atomic mass is 10.2. The summed E-state index contributed by atoms with van der Waals surface area (Å²) in [5, 5.41) is 2.73. The van der Waals surface area contributed by atoms with Crippen LogP contribution in [0.15, 0.2) is 47.3 Å². The van der Waals surface area contributed by atoms with Crippen molar-refractivity contribution in [3.8, 4) is 17.2 Å². The SMILES string of the molecule is COc1cc(C(=O)O[C@@H](C)C(=O)Nc2c(C)n(C)n(-c3ccccc3)c2=O)cc(Cl)c1OC. The molecule has 10 heteroatoms. The van der Waals surface area contributed by atoms with Crippen molar-refractivity contribution in [2.45, 2.75) is 20.0 Å². The Morgan fingerprint density at radius 1 is 1.09 bits per heavy atom. The number of carbonyl (C=O) groups excluding carboxylic acids is 2. The third kappa shape index (κ3) is 4.73. The predicted molar refractivity (Wildman–Crippen MR) is 124 cm³/mol. The number of benzene rings is 2. The molecule has 0 unspecified atom stereocenters. The Kier molecular flexibility index (Phi) is 7.13. The van der Waals surface area contributed by atoms with Crippen LogP contribution >= 0.6 is 11.6 Å². The van der Waals surface area contributed by atoms with Gasteiger partial charge >= 0.3 is 5.97 Å². The third-order valence-electron chi connectivity index (χ3n) is 5.12. The first kappa shape index (κ1) is 23.9. The first-order valence-corrected chi connectivity index (χ1v) is 10.3. The minimum Gasteiger partial charge on any atom is -0.493 e. The first-order valence-electron chi connectivity index (χ1n) is 9.97. The van der Waals surface area contributed by atoms with E-state index in [0.29, 0.717) is 11.4 Å². The predicted octanol–water partition coefficient (Wildman–Crippen LogP) is 3.34. The molecule has 0 bridgehead atoms. The van der Waals surface area contributed by atoms with Gasteiger partial charge in [0.2, 0.25) is 0 Å². The fourth-order valence-corrected chi connectivity index (χ4v) is 3.54. The largest absolute Gasteiger partial charge is 0.493 e. The van der Waals surface area contributed by atoms with Gasteiger partial charge < -0.3 is 19.5 Å². The van der Waals surface area contributed by atoms with E-state index in [0.717, 1.165) is 0 Å². The maximum atomic E-state index is 13.0. The Morgan fingerprint density at radius 3 is 2.36 bits per heavy atom. The molecule has 0 aliphatic heterocycles. The van der Waals surface area contributed by atoms with E-state index in [1.165, 1.54) is 38.0 Å². The minimum atomic E-state index is -1.19. The van der Waals surface area contributed by atoms with Crippen molar-refractivity contribution >= 4 is 29.2 Å². The molecular weight excluding hydrogens is 450 g/mol. The fraction of sp³-hybridized carbons (Fsp3) is 0.261. The molecule has 3 aromatic rings. The summed E-state index contributed by atoms with van der Waals surface area (Å²) in [7, 11) is 4.54. The van der Waals surface area contributed by atoms with E-state index in [9.17, 15) is 14.4 Å². The van der Waals surface area contributed by atoms with E-state index in [2.05, 4.69) is 5.32 Å². The molecule has 2 aromatic carbocycles. The van der Waals surface area contributed by atoms with Gasteiger partial charge in [-0.2, -0.15) is 0 Å². The van der Waals surface area contributed by atoms with E-state index in [1.807, 2.05) is 18.2 Å². The van der Waals surface area contributed by atoms with Crippen LogP contribution in [0.25, 0.3) is 5.69 Å². The molecule has 0 radical (unpaired) electrons. The highest BCUT2D eigenvalue weighted by atomic mass is 35.5. The number of aromatic nitrogens is 2. The molecule has 3 rings (SSSR count). The Labute approximate surface area is 195 Å². The summed E-state index contributed by atoms with van der Waals surface area (Å²) in [6.45, 7) is 3.11. The van der Waals surface area contributed by atoms with Crippen molar-refractivity contribution in [3.05, 3.63) is 69.1 Å². The highest BCUT2D eigenvalue weighted by Crippen LogP contribution is 2.36. The smallest absolute Gasteiger partial charge is 0.339 e. The molecule has 1 N–H and O–H groups in total. The molecule has 0 aliphatic carbocycles. The van der Waals surface area contributed by atoms with Crippen LogP contribution in [0.3, 0.4) is 0 Å². The second-order valence-corrected chi connectivity index (χ2v) is 7.57. The number of ether oxygens (including phenoxy) is 3. The number of carbonyl (C=O) groups is 2. The zero-order valence-electron chi connectivity index (χ0n) is 18.8. The minimum absolute atomic E-state index is 0.0830. The average molecular weight is 474 g/mol. The molecule has 0 fully saturated rings. The number of para-hydroxylation sites is 1. The first-order chi connectivity index (χ1) is 15.7. The molecule has 1 atom stereocenters. The molecule has 0 saturated carbocycles. The topological polar surface area (TPSA) is 101 Å². The maximum absolute atomic E-state index is 13.0. The zero-order valence-corrected chi connectivity index (χ0v) is 19.6. The molecule has 174 valence electrons. The number of halogens is 1. The van der Waals surface area contributed by atoms with Gasteiger partial charge in [-0.1, -0.05) is 29.8 Å². The van der Waals surface area contributed by atoms with Crippen molar-refractivity contribution < 1.29 is 23.8 Å². The number of anilines is 1. The zero-order chi connectivity index (χ0) is 24.3. The highest BCUT2D eigenvalue weighted by Gasteiger charge is 2.24. The van der Waals surface area contributed by atoms with Crippen LogP contribution in [-0.2, 0) is 16.6 Å². The molecule has 1 aromatic heterocycles. The number of hydrogen-bond acceptors (Lipinski definition) is 6. The van der Waals surface area contributed by atoms with E-state index in [4.69, 9.17) is 25.8 Å². The third-order valence-corrected chi connectivity index (χ3v) is 5.41. The lowest BCUT2D eigenvalue weighted by molar-refractivity contribution is -0.123. The van der Waals surface area contributed by atoms with Gasteiger partial charge in [0, 0.05) is 7.05 Å². The van der Waals surface area contributed by atoms with Gasteiger partial charge in [-0.05, 0) is 38.1 Å². The van der Waals surface area contributed by atoms with Crippen molar-refractivity contribution in [2.24, 2.45) is 7.05 Å². The Balaban J connectivity index is 1.79. The second kappa shape index (κ2) is 9.83. The van der Waals surface area contributed by atoms with Gasteiger partial charge in [-0.3, -0.25) is 14.3 Å². The lowest BCUT2D eigenvalue weighted by Crippen LogP contribution is -2.32. The van der Waals surface area contributed by atoms with Gasteiger partial charge in [-0.25, -0.2) is 9.48 Å². The number of rotatable bonds is 7. The number of hydrogen-bond donors (Lipinski definition) is 1. The highest BCUT2D eigenvalue weighted by molar-refractivity contribution is 6.32. The van der Waals surface area contributed by atoms with Crippen molar-refractivity contribution in [1.82, 2.24) is 9.36 Å². The molecule has 0 saturated heterocycles. The molecule has 33 heavy (non-hydrogen) atoms. The molecule has 9 nitrogen and oxygen atoms in total. The van der Waals surface area contributed by atoms with Gasteiger partial charge in [0.1, 0.15) is 5.69 Å². The number of nitrogens with zero attached hydrogens (tertiary/aromatic N) is 2. The molecular formula is C23H24ClN3O6. The summed E-state index contributed by atoms with van der Waals surface area (Å²) in [4.78, 5) is 38.3. The second-order valence-electron chi connectivity index (χ2n) is 7.17. The van der Waals surface area contributed by atoms with Crippen LogP contribution in [0.4, 0.5) is 5.69 Å². The van der Waals surface area contributed by atoms with Crippen molar-refractivity contribution in [3.63, 3.8) is 0 Å². The van der Waals surface area contributed by atoms with E-state index in [-0.39, 0.29) is 27.8 Å². The van der Waals surface area contributed by atoms with Gasteiger partial charge in [0.25, 0.3) is 11.5 Å². The maximum Gasteiger partial charge on any atom is 0.339 e. The molecule has 1 heterocycles. The monoisotopic (exact) mass is 473 g/mol. The number of methoxy groups -OCH3 is 2. The van der Waals surface area contributed by atoms with Gasteiger partial charge in [-0.15, -0.1) is 0 Å². The summed E-state index contributed by atoms with van der Waals surface area (Å²) in [6, 6.07) is 11.8. The summed E-state index contributed by atoms with van der Waals surface area (Å²) < 4.78 is 18.7. The van der Waals surface area contributed by atoms with E-state index < -0.39 is 23.5 Å². The summed E-state index contributed by atoms with van der Waals surface area (Å²) in [5.74, 6) is -0.917. The Bertz CT molecular complexity index is 1250. The molecule has 1 amide bonds. The van der Waals surface area contributed by atoms with Crippen LogP contribution in [-0.4, -0.2) is 41.6 Å². The van der Waals surface area contributed by atoms with Crippen LogP contribution in [0, 0.1) is 6.92 Å². The van der Waals surface area contributed by atoms with Crippen LogP contribution in [0.2, 0.25) is 5.02 Å². The van der Waals surface area contributed by atoms with Crippen LogP contribution in [0.1, 0.15) is 23.0 Å².